The van der Waals surface area contributed by atoms with Gasteiger partial charge in [0.25, 0.3) is 5.56 Å². The Morgan fingerprint density at radius 2 is 1.80 bits per heavy atom. The zero-order valence-corrected chi connectivity index (χ0v) is 14.5. The van der Waals surface area contributed by atoms with Gasteiger partial charge in [0.1, 0.15) is 12.4 Å². The van der Waals surface area contributed by atoms with Crippen molar-refractivity contribution in [1.82, 2.24) is 4.98 Å². The molecule has 130 valence electrons. The molecule has 0 fully saturated rings. The molecule has 5 nitrogen and oxygen atoms in total. The van der Waals surface area contributed by atoms with Crippen LogP contribution in [0.4, 0.5) is 0 Å². The lowest BCUT2D eigenvalue weighted by molar-refractivity contribution is 0.216. The second-order valence-electron chi connectivity index (χ2n) is 5.96. The molecule has 0 saturated heterocycles. The van der Waals surface area contributed by atoms with Gasteiger partial charge in [-0.15, -0.1) is 0 Å². The van der Waals surface area contributed by atoms with Gasteiger partial charge in [-0.05, 0) is 31.5 Å². The van der Waals surface area contributed by atoms with Crippen LogP contribution in [0.25, 0.3) is 10.9 Å². The molecular formula is C20H21NO4. The van der Waals surface area contributed by atoms with Gasteiger partial charge in [0.2, 0.25) is 5.75 Å². The SMILES string of the molecule is COc1ccc2c(OCc3ccccc3)c(OC(C)C)c(=O)[nH]c2c1. The first kappa shape index (κ1) is 16.9. The third kappa shape index (κ3) is 3.76. The van der Waals surface area contributed by atoms with Crippen LogP contribution in [0.2, 0.25) is 0 Å². The molecule has 0 spiro atoms. The Kier molecular flexibility index (Phi) is 4.93. The molecule has 3 aromatic rings. The molecule has 1 aromatic heterocycles. The summed E-state index contributed by atoms with van der Waals surface area (Å²) < 4.78 is 17.0. The average molecular weight is 339 g/mol. The lowest BCUT2D eigenvalue weighted by Crippen LogP contribution is -2.17. The van der Waals surface area contributed by atoms with E-state index in [9.17, 15) is 4.79 Å². The van der Waals surface area contributed by atoms with Crippen LogP contribution in [0.3, 0.4) is 0 Å². The maximum atomic E-state index is 12.5. The fourth-order valence-electron chi connectivity index (χ4n) is 2.57. The van der Waals surface area contributed by atoms with Gasteiger partial charge in [0.15, 0.2) is 5.75 Å². The molecule has 0 unspecified atom stereocenters. The number of nitrogens with one attached hydrogen (secondary N) is 1. The third-order valence-electron chi connectivity index (χ3n) is 3.71. The normalized spacial score (nSPS) is 10.9. The van der Waals surface area contributed by atoms with E-state index >= 15 is 0 Å². The molecule has 0 bridgehead atoms. The molecule has 1 heterocycles. The van der Waals surface area contributed by atoms with E-state index in [4.69, 9.17) is 14.2 Å². The van der Waals surface area contributed by atoms with E-state index in [1.54, 1.807) is 13.2 Å². The van der Waals surface area contributed by atoms with Gasteiger partial charge in [-0.25, -0.2) is 0 Å². The predicted molar refractivity (Wildman–Crippen MR) is 97.7 cm³/mol. The Morgan fingerprint density at radius 1 is 1.04 bits per heavy atom. The summed E-state index contributed by atoms with van der Waals surface area (Å²) >= 11 is 0. The van der Waals surface area contributed by atoms with Gasteiger partial charge < -0.3 is 19.2 Å². The van der Waals surface area contributed by atoms with Gasteiger partial charge >= 0.3 is 0 Å². The van der Waals surface area contributed by atoms with E-state index < -0.39 is 0 Å². The van der Waals surface area contributed by atoms with E-state index in [2.05, 4.69) is 4.98 Å². The first-order valence-electron chi connectivity index (χ1n) is 8.16. The van der Waals surface area contributed by atoms with Crippen molar-refractivity contribution in [1.29, 1.82) is 0 Å². The Balaban J connectivity index is 2.08. The molecule has 25 heavy (non-hydrogen) atoms. The van der Waals surface area contributed by atoms with E-state index in [1.165, 1.54) is 0 Å². The number of methoxy groups -OCH3 is 1. The van der Waals surface area contributed by atoms with Crippen LogP contribution < -0.4 is 19.8 Å². The minimum Gasteiger partial charge on any atom is -0.497 e. The maximum Gasteiger partial charge on any atom is 0.294 e. The summed E-state index contributed by atoms with van der Waals surface area (Å²) in [6.07, 6.45) is -0.143. The number of ether oxygens (including phenoxy) is 3. The topological polar surface area (TPSA) is 60.6 Å². The fourth-order valence-corrected chi connectivity index (χ4v) is 2.57. The van der Waals surface area contributed by atoms with Crippen molar-refractivity contribution in [2.75, 3.05) is 7.11 Å². The molecule has 0 aliphatic carbocycles. The van der Waals surface area contributed by atoms with Crippen molar-refractivity contribution < 1.29 is 14.2 Å². The summed E-state index contributed by atoms with van der Waals surface area (Å²) in [4.78, 5) is 15.3. The van der Waals surface area contributed by atoms with Crippen LogP contribution in [0, 0.1) is 0 Å². The molecular weight excluding hydrogens is 318 g/mol. The smallest absolute Gasteiger partial charge is 0.294 e. The summed E-state index contributed by atoms with van der Waals surface area (Å²) in [5.74, 6) is 1.30. The Bertz CT molecular complexity index is 916. The van der Waals surface area contributed by atoms with Crippen LogP contribution in [0.5, 0.6) is 17.2 Å². The highest BCUT2D eigenvalue weighted by atomic mass is 16.5. The third-order valence-corrected chi connectivity index (χ3v) is 3.71. The first-order valence-corrected chi connectivity index (χ1v) is 8.16. The standard InChI is InChI=1S/C20H21NO4/c1-13(2)25-19-18(24-12-14-7-5-4-6-8-14)16-10-9-15(23-3)11-17(16)21-20(19)22/h4-11,13H,12H2,1-3H3,(H,21,22). The number of hydrogen-bond acceptors (Lipinski definition) is 4. The molecule has 5 heteroatoms. The minimum absolute atomic E-state index is 0.143. The quantitative estimate of drug-likeness (QED) is 0.740. The van der Waals surface area contributed by atoms with Crippen LogP contribution >= 0.6 is 0 Å². The second-order valence-corrected chi connectivity index (χ2v) is 5.96. The molecule has 0 aliphatic rings. The number of H-pyrrole nitrogens is 1. The number of hydrogen-bond donors (Lipinski definition) is 1. The van der Waals surface area contributed by atoms with Crippen molar-refractivity contribution in [2.45, 2.75) is 26.6 Å². The average Bonchev–Trinajstić information content (AvgIpc) is 2.61. The van der Waals surface area contributed by atoms with Gasteiger partial charge in [-0.2, -0.15) is 0 Å². The van der Waals surface area contributed by atoms with Crippen molar-refractivity contribution in [3.8, 4) is 17.2 Å². The minimum atomic E-state index is -0.322. The fraction of sp³-hybridized carbons (Fsp3) is 0.250. The summed E-state index contributed by atoms with van der Waals surface area (Å²) in [6, 6.07) is 15.3. The van der Waals surface area contributed by atoms with Crippen molar-refractivity contribution in [3.63, 3.8) is 0 Å². The molecule has 0 aliphatic heterocycles. The van der Waals surface area contributed by atoms with Gasteiger partial charge in [-0.3, -0.25) is 4.79 Å². The molecule has 2 aromatic carbocycles. The van der Waals surface area contributed by atoms with Crippen LogP contribution in [0.15, 0.2) is 53.3 Å². The van der Waals surface area contributed by atoms with Crippen LogP contribution in [-0.2, 0) is 6.61 Å². The predicted octanol–water partition coefficient (Wildman–Crippen LogP) is 3.90. The second kappa shape index (κ2) is 7.30. The molecule has 3 rings (SSSR count). The van der Waals surface area contributed by atoms with E-state index in [1.807, 2.05) is 56.3 Å². The number of rotatable bonds is 6. The first-order chi connectivity index (χ1) is 12.1. The van der Waals surface area contributed by atoms with Crippen molar-refractivity contribution in [3.05, 3.63) is 64.4 Å². The monoisotopic (exact) mass is 339 g/mol. The number of pyridine rings is 1. The molecule has 0 radical (unpaired) electrons. The highest BCUT2D eigenvalue weighted by Gasteiger charge is 2.17. The summed E-state index contributed by atoms with van der Waals surface area (Å²) in [6.45, 7) is 4.09. The number of benzene rings is 2. The lowest BCUT2D eigenvalue weighted by atomic mass is 10.1. The van der Waals surface area contributed by atoms with Crippen LogP contribution in [-0.4, -0.2) is 18.2 Å². The summed E-state index contributed by atoms with van der Waals surface area (Å²) in [5, 5.41) is 0.770. The van der Waals surface area contributed by atoms with Gasteiger partial charge in [0, 0.05) is 11.5 Å². The highest BCUT2D eigenvalue weighted by molar-refractivity contribution is 5.88. The Morgan fingerprint density at radius 3 is 2.48 bits per heavy atom. The number of aromatic nitrogens is 1. The van der Waals surface area contributed by atoms with Crippen molar-refractivity contribution in [2.24, 2.45) is 0 Å². The van der Waals surface area contributed by atoms with Gasteiger partial charge in [0.05, 0.1) is 18.7 Å². The Labute approximate surface area is 146 Å². The zero-order chi connectivity index (χ0) is 17.8. The van der Waals surface area contributed by atoms with E-state index in [-0.39, 0.29) is 17.4 Å². The van der Waals surface area contributed by atoms with Crippen molar-refractivity contribution >= 4 is 10.9 Å². The molecule has 1 N–H and O–H groups in total. The maximum absolute atomic E-state index is 12.5. The van der Waals surface area contributed by atoms with E-state index in [0.29, 0.717) is 23.6 Å². The molecule has 0 atom stereocenters. The number of aromatic amines is 1. The zero-order valence-electron chi connectivity index (χ0n) is 14.5. The Hall–Kier alpha value is -2.95. The lowest BCUT2D eigenvalue weighted by Gasteiger charge is -2.16. The van der Waals surface area contributed by atoms with Gasteiger partial charge in [-0.1, -0.05) is 30.3 Å². The van der Waals surface area contributed by atoms with Crippen LogP contribution in [0.1, 0.15) is 19.4 Å². The molecule has 0 amide bonds. The summed E-state index contributed by atoms with van der Waals surface area (Å²) in [7, 11) is 1.59. The summed E-state index contributed by atoms with van der Waals surface area (Å²) in [5.41, 5.74) is 1.33. The molecule has 0 saturated carbocycles. The largest absolute Gasteiger partial charge is 0.497 e. The number of fused-ring (bicyclic) bond motifs is 1. The highest BCUT2D eigenvalue weighted by Crippen LogP contribution is 2.34. The van der Waals surface area contributed by atoms with E-state index in [0.717, 1.165) is 10.9 Å².